The molecule has 0 bridgehead atoms. The first-order valence-electron chi connectivity index (χ1n) is 6.32. The van der Waals surface area contributed by atoms with Gasteiger partial charge in [0.05, 0.1) is 17.8 Å². The molecular weight excluding hydrogens is 232 g/mol. The molecular formula is C13H16N2O3. The molecule has 2 fully saturated rings. The highest BCUT2D eigenvalue weighted by Crippen LogP contribution is 2.39. The molecule has 96 valence electrons. The van der Waals surface area contributed by atoms with Crippen molar-refractivity contribution in [1.29, 1.82) is 0 Å². The van der Waals surface area contributed by atoms with Crippen LogP contribution in [0.1, 0.15) is 29.8 Å². The topological polar surface area (TPSA) is 71.5 Å². The zero-order chi connectivity index (χ0) is 12.5. The van der Waals surface area contributed by atoms with Crippen molar-refractivity contribution in [2.24, 2.45) is 5.92 Å². The molecule has 2 N–H and O–H groups in total. The summed E-state index contributed by atoms with van der Waals surface area (Å²) in [5, 5.41) is 12.4. The monoisotopic (exact) mass is 248 g/mol. The van der Waals surface area contributed by atoms with Gasteiger partial charge in [0.2, 0.25) is 0 Å². The maximum atomic E-state index is 11.1. The van der Waals surface area contributed by atoms with Crippen LogP contribution >= 0.6 is 0 Å². The molecule has 0 radical (unpaired) electrons. The largest absolute Gasteiger partial charge is 0.476 e. The fourth-order valence-electron chi connectivity index (χ4n) is 2.55. The van der Waals surface area contributed by atoms with E-state index >= 15 is 0 Å². The number of pyridine rings is 1. The van der Waals surface area contributed by atoms with E-state index in [0.717, 1.165) is 13.0 Å². The van der Waals surface area contributed by atoms with Crippen molar-refractivity contribution in [3.63, 3.8) is 0 Å². The lowest BCUT2D eigenvalue weighted by Crippen LogP contribution is -2.31. The normalized spacial score (nSPS) is 27.1. The molecule has 1 saturated heterocycles. The summed E-state index contributed by atoms with van der Waals surface area (Å²) in [5.74, 6) is -0.352. The van der Waals surface area contributed by atoms with Gasteiger partial charge in [-0.25, -0.2) is 9.78 Å². The Morgan fingerprint density at radius 2 is 2.28 bits per heavy atom. The van der Waals surface area contributed by atoms with Gasteiger partial charge in [0, 0.05) is 12.8 Å². The molecule has 3 rings (SSSR count). The van der Waals surface area contributed by atoms with Crippen molar-refractivity contribution < 1.29 is 14.6 Å². The molecule has 2 heterocycles. The van der Waals surface area contributed by atoms with Crippen LogP contribution in [0.4, 0.5) is 5.69 Å². The summed E-state index contributed by atoms with van der Waals surface area (Å²) in [6.45, 7) is 0.751. The first-order valence-corrected chi connectivity index (χ1v) is 6.32. The molecule has 5 nitrogen and oxygen atoms in total. The molecule has 0 aromatic carbocycles. The summed E-state index contributed by atoms with van der Waals surface area (Å²) in [6, 6.07) is 3.72. The number of anilines is 1. The molecule has 1 aliphatic heterocycles. The zero-order valence-electron chi connectivity index (χ0n) is 10.0. The van der Waals surface area contributed by atoms with Gasteiger partial charge >= 0.3 is 5.97 Å². The maximum absolute atomic E-state index is 11.1. The summed E-state index contributed by atoms with van der Waals surface area (Å²) in [6.07, 6.45) is 5.10. The standard InChI is InChI=1S/C13H16N2O3/c16-13(17)11-9(2-1-6-14-11)15-10-5-7-18-12(10)8-3-4-8/h1-2,6,8,10,12,15H,3-5,7H2,(H,16,17). The Morgan fingerprint density at radius 1 is 1.44 bits per heavy atom. The first kappa shape index (κ1) is 11.5. The van der Waals surface area contributed by atoms with Gasteiger partial charge < -0.3 is 15.2 Å². The first-order chi connectivity index (χ1) is 8.75. The second kappa shape index (κ2) is 4.57. The van der Waals surface area contributed by atoms with Crippen molar-refractivity contribution in [2.45, 2.75) is 31.4 Å². The van der Waals surface area contributed by atoms with E-state index in [-0.39, 0.29) is 17.8 Å². The van der Waals surface area contributed by atoms with E-state index in [1.807, 2.05) is 0 Å². The molecule has 0 amide bonds. The number of hydrogen-bond donors (Lipinski definition) is 2. The molecule has 2 atom stereocenters. The lowest BCUT2D eigenvalue weighted by Gasteiger charge is -2.21. The molecule has 2 unspecified atom stereocenters. The van der Waals surface area contributed by atoms with E-state index in [2.05, 4.69) is 10.3 Å². The van der Waals surface area contributed by atoms with Gasteiger partial charge in [-0.05, 0) is 37.3 Å². The zero-order valence-corrected chi connectivity index (χ0v) is 10.0. The molecule has 5 heteroatoms. The second-order valence-corrected chi connectivity index (χ2v) is 4.92. The molecule has 0 spiro atoms. The predicted molar refractivity (Wildman–Crippen MR) is 65.7 cm³/mol. The fourth-order valence-corrected chi connectivity index (χ4v) is 2.55. The number of ether oxygens (including phenoxy) is 1. The van der Waals surface area contributed by atoms with Gasteiger partial charge in [-0.3, -0.25) is 0 Å². The van der Waals surface area contributed by atoms with Gasteiger partial charge in [-0.1, -0.05) is 0 Å². The van der Waals surface area contributed by atoms with Gasteiger partial charge in [0.25, 0.3) is 0 Å². The van der Waals surface area contributed by atoms with Crippen LogP contribution in [0.25, 0.3) is 0 Å². The SMILES string of the molecule is O=C(O)c1ncccc1NC1CCOC1C1CC1. The summed E-state index contributed by atoms with van der Waals surface area (Å²) < 4.78 is 5.73. The van der Waals surface area contributed by atoms with Gasteiger partial charge in [-0.2, -0.15) is 0 Å². The third-order valence-electron chi connectivity index (χ3n) is 3.57. The maximum Gasteiger partial charge on any atom is 0.356 e. The molecule has 2 aliphatic rings. The van der Waals surface area contributed by atoms with Crippen LogP contribution in [0.15, 0.2) is 18.3 Å². The summed E-state index contributed by atoms with van der Waals surface area (Å²) in [7, 11) is 0. The summed E-state index contributed by atoms with van der Waals surface area (Å²) >= 11 is 0. The van der Waals surface area contributed by atoms with Crippen LogP contribution in [-0.2, 0) is 4.74 Å². The van der Waals surface area contributed by atoms with Crippen LogP contribution in [0, 0.1) is 5.92 Å². The van der Waals surface area contributed by atoms with Crippen molar-refractivity contribution >= 4 is 11.7 Å². The molecule has 1 aliphatic carbocycles. The average Bonchev–Trinajstić information content (AvgIpc) is 3.11. The van der Waals surface area contributed by atoms with E-state index in [1.54, 1.807) is 12.1 Å². The Kier molecular flexibility index (Phi) is 2.91. The second-order valence-electron chi connectivity index (χ2n) is 4.92. The van der Waals surface area contributed by atoms with E-state index in [4.69, 9.17) is 9.84 Å². The lowest BCUT2D eigenvalue weighted by molar-refractivity contribution is 0.0691. The van der Waals surface area contributed by atoms with E-state index in [1.165, 1.54) is 19.0 Å². The van der Waals surface area contributed by atoms with Crippen LogP contribution in [0.2, 0.25) is 0 Å². The highest BCUT2D eigenvalue weighted by atomic mass is 16.5. The van der Waals surface area contributed by atoms with E-state index < -0.39 is 5.97 Å². The number of rotatable bonds is 4. The number of nitrogens with zero attached hydrogens (tertiary/aromatic N) is 1. The Bertz CT molecular complexity index is 459. The van der Waals surface area contributed by atoms with Crippen LogP contribution in [0.5, 0.6) is 0 Å². The van der Waals surface area contributed by atoms with Crippen LogP contribution < -0.4 is 5.32 Å². The Hall–Kier alpha value is -1.62. The Labute approximate surface area is 105 Å². The summed E-state index contributed by atoms with van der Waals surface area (Å²) in [4.78, 5) is 15.0. The van der Waals surface area contributed by atoms with Crippen molar-refractivity contribution in [1.82, 2.24) is 4.98 Å². The lowest BCUT2D eigenvalue weighted by atomic mass is 10.1. The highest BCUT2D eigenvalue weighted by Gasteiger charge is 2.40. The number of nitrogens with one attached hydrogen (secondary N) is 1. The van der Waals surface area contributed by atoms with Gasteiger partial charge in [0.15, 0.2) is 5.69 Å². The van der Waals surface area contributed by atoms with Crippen molar-refractivity contribution in [3.05, 3.63) is 24.0 Å². The number of aromatic nitrogens is 1. The third-order valence-corrected chi connectivity index (χ3v) is 3.57. The number of hydrogen-bond acceptors (Lipinski definition) is 4. The smallest absolute Gasteiger partial charge is 0.356 e. The minimum absolute atomic E-state index is 0.0824. The van der Waals surface area contributed by atoms with Crippen molar-refractivity contribution in [3.8, 4) is 0 Å². The van der Waals surface area contributed by atoms with Gasteiger partial charge in [-0.15, -0.1) is 0 Å². The predicted octanol–water partition coefficient (Wildman–Crippen LogP) is 1.76. The van der Waals surface area contributed by atoms with Crippen LogP contribution in [-0.4, -0.2) is 34.8 Å². The number of carbonyl (C=O) groups is 1. The molecule has 1 aromatic heterocycles. The minimum atomic E-state index is -1.00. The minimum Gasteiger partial charge on any atom is -0.476 e. The van der Waals surface area contributed by atoms with E-state index in [9.17, 15) is 4.79 Å². The number of carboxylic acid groups (broad SMARTS) is 1. The molecule has 1 saturated carbocycles. The average molecular weight is 248 g/mol. The number of aromatic carboxylic acids is 1. The summed E-state index contributed by atoms with van der Waals surface area (Å²) in [5.41, 5.74) is 0.671. The molecule has 18 heavy (non-hydrogen) atoms. The van der Waals surface area contributed by atoms with Crippen molar-refractivity contribution in [2.75, 3.05) is 11.9 Å². The van der Waals surface area contributed by atoms with Crippen LogP contribution in [0.3, 0.4) is 0 Å². The third kappa shape index (κ3) is 2.18. The fraction of sp³-hybridized carbons (Fsp3) is 0.538. The quantitative estimate of drug-likeness (QED) is 0.849. The number of carboxylic acids is 1. The van der Waals surface area contributed by atoms with E-state index in [0.29, 0.717) is 11.6 Å². The molecule has 1 aromatic rings. The van der Waals surface area contributed by atoms with Gasteiger partial charge in [0.1, 0.15) is 0 Å². The highest BCUT2D eigenvalue weighted by molar-refractivity contribution is 5.91. The Balaban J connectivity index is 1.77. The Morgan fingerprint density at radius 3 is 3.00 bits per heavy atom.